The van der Waals surface area contributed by atoms with Crippen molar-refractivity contribution in [2.75, 3.05) is 20.6 Å². The van der Waals surface area contributed by atoms with E-state index in [0.29, 0.717) is 0 Å². The van der Waals surface area contributed by atoms with Crippen LogP contribution in [-0.4, -0.2) is 35.3 Å². The summed E-state index contributed by atoms with van der Waals surface area (Å²) in [4.78, 5) is 2.17. The molecule has 0 radical (unpaired) electrons. The minimum absolute atomic E-state index is 0.136. The highest BCUT2D eigenvalue weighted by molar-refractivity contribution is 9.10. The lowest BCUT2D eigenvalue weighted by molar-refractivity contribution is 0.137. The molecule has 0 aromatic carbocycles. The fourth-order valence-corrected chi connectivity index (χ4v) is 3.92. The van der Waals surface area contributed by atoms with Gasteiger partial charge in [0.05, 0.1) is 29.0 Å². The SMILES string of the molecule is CN(C)CCn1ncc(Br)c1C(NN)C1(C)CCCCC1. The molecule has 6 heteroatoms. The van der Waals surface area contributed by atoms with Crippen molar-refractivity contribution in [1.29, 1.82) is 0 Å². The fraction of sp³-hybridized carbons (Fsp3) is 0.800. The zero-order valence-electron chi connectivity index (χ0n) is 13.4. The molecule has 1 aromatic rings. The van der Waals surface area contributed by atoms with Crippen molar-refractivity contribution in [3.05, 3.63) is 16.4 Å². The van der Waals surface area contributed by atoms with Crippen LogP contribution >= 0.6 is 15.9 Å². The van der Waals surface area contributed by atoms with Crippen molar-refractivity contribution in [3.8, 4) is 0 Å². The third-order valence-electron chi connectivity index (χ3n) is 4.73. The predicted octanol–water partition coefficient (Wildman–Crippen LogP) is 2.68. The summed E-state index contributed by atoms with van der Waals surface area (Å²) >= 11 is 3.66. The van der Waals surface area contributed by atoms with Crippen LogP contribution in [0.25, 0.3) is 0 Å². The zero-order chi connectivity index (χ0) is 15.5. The molecule has 1 fully saturated rings. The Kier molecular flexibility index (Phi) is 5.82. The first kappa shape index (κ1) is 16.9. The third-order valence-corrected chi connectivity index (χ3v) is 5.34. The van der Waals surface area contributed by atoms with E-state index in [0.717, 1.165) is 17.6 Å². The fourth-order valence-electron chi connectivity index (χ4n) is 3.39. The predicted molar refractivity (Wildman–Crippen MR) is 89.7 cm³/mol. The topological polar surface area (TPSA) is 59.1 Å². The second-order valence-corrected chi connectivity index (χ2v) is 7.57. The first-order chi connectivity index (χ1) is 9.98. The van der Waals surface area contributed by atoms with Crippen LogP contribution in [0.15, 0.2) is 10.7 Å². The molecule has 2 rings (SSSR count). The number of hydrazine groups is 1. The normalized spacial score (nSPS) is 19.9. The highest BCUT2D eigenvalue weighted by atomic mass is 79.9. The maximum absolute atomic E-state index is 5.95. The Morgan fingerprint density at radius 1 is 1.43 bits per heavy atom. The summed E-state index contributed by atoms with van der Waals surface area (Å²) in [6, 6.07) is 0.136. The molecule has 1 unspecified atom stereocenters. The van der Waals surface area contributed by atoms with E-state index in [4.69, 9.17) is 5.84 Å². The summed E-state index contributed by atoms with van der Waals surface area (Å²) in [5.41, 5.74) is 4.46. The number of likely N-dealkylation sites (N-methyl/N-ethyl adjacent to an activating group) is 1. The van der Waals surface area contributed by atoms with Crippen LogP contribution in [0.4, 0.5) is 0 Å². The Labute approximate surface area is 136 Å². The van der Waals surface area contributed by atoms with Crippen LogP contribution in [0.3, 0.4) is 0 Å². The Balaban J connectivity index is 2.26. The second-order valence-electron chi connectivity index (χ2n) is 6.72. The van der Waals surface area contributed by atoms with E-state index >= 15 is 0 Å². The summed E-state index contributed by atoms with van der Waals surface area (Å²) in [7, 11) is 4.17. The summed E-state index contributed by atoms with van der Waals surface area (Å²) in [6.45, 7) is 4.20. The van der Waals surface area contributed by atoms with Gasteiger partial charge in [-0.2, -0.15) is 5.10 Å². The Morgan fingerprint density at radius 3 is 2.67 bits per heavy atom. The smallest absolute Gasteiger partial charge is 0.0715 e. The van der Waals surface area contributed by atoms with E-state index < -0.39 is 0 Å². The zero-order valence-corrected chi connectivity index (χ0v) is 15.0. The number of rotatable bonds is 6. The Bertz CT molecular complexity index is 451. The molecule has 3 N–H and O–H groups in total. The summed E-state index contributed by atoms with van der Waals surface area (Å²) in [5.74, 6) is 5.95. The molecule has 1 saturated carbocycles. The number of aromatic nitrogens is 2. The van der Waals surface area contributed by atoms with Gasteiger partial charge in [-0.05, 0) is 48.3 Å². The van der Waals surface area contributed by atoms with Crippen LogP contribution in [0.5, 0.6) is 0 Å². The molecule has 21 heavy (non-hydrogen) atoms. The number of hydrogen-bond acceptors (Lipinski definition) is 4. The molecule has 1 aliphatic carbocycles. The van der Waals surface area contributed by atoms with Crippen LogP contribution in [0, 0.1) is 5.41 Å². The summed E-state index contributed by atoms with van der Waals surface area (Å²) in [6.07, 6.45) is 8.24. The van der Waals surface area contributed by atoms with Gasteiger partial charge in [-0.3, -0.25) is 16.0 Å². The van der Waals surface area contributed by atoms with Crippen LogP contribution < -0.4 is 11.3 Å². The lowest BCUT2D eigenvalue weighted by atomic mass is 9.70. The van der Waals surface area contributed by atoms with Gasteiger partial charge in [0.2, 0.25) is 0 Å². The summed E-state index contributed by atoms with van der Waals surface area (Å²) < 4.78 is 3.14. The standard InChI is InChI=1S/C15H28BrN5/c1-15(7-5-4-6-8-15)14(19-17)13-12(16)11-18-21(13)10-9-20(2)3/h11,14,19H,4-10,17H2,1-3H3. The minimum Gasteiger partial charge on any atom is -0.308 e. The van der Waals surface area contributed by atoms with Crippen molar-refractivity contribution < 1.29 is 0 Å². The van der Waals surface area contributed by atoms with Gasteiger partial charge in [-0.15, -0.1) is 0 Å². The maximum Gasteiger partial charge on any atom is 0.0715 e. The first-order valence-corrected chi connectivity index (χ1v) is 8.59. The molecule has 0 amide bonds. The average molecular weight is 358 g/mol. The highest BCUT2D eigenvalue weighted by Gasteiger charge is 2.38. The highest BCUT2D eigenvalue weighted by Crippen LogP contribution is 2.46. The largest absolute Gasteiger partial charge is 0.308 e. The second kappa shape index (κ2) is 7.22. The van der Waals surface area contributed by atoms with Crippen molar-refractivity contribution in [2.24, 2.45) is 11.3 Å². The molecule has 0 saturated heterocycles. The van der Waals surface area contributed by atoms with Crippen molar-refractivity contribution in [2.45, 2.75) is 51.6 Å². The van der Waals surface area contributed by atoms with Gasteiger partial charge in [0.1, 0.15) is 0 Å². The molecule has 5 nitrogen and oxygen atoms in total. The minimum atomic E-state index is 0.136. The van der Waals surface area contributed by atoms with Crippen molar-refractivity contribution in [3.63, 3.8) is 0 Å². The van der Waals surface area contributed by atoms with E-state index in [1.54, 1.807) is 0 Å². The summed E-state index contributed by atoms with van der Waals surface area (Å²) in [5, 5.41) is 4.53. The number of nitrogens with zero attached hydrogens (tertiary/aromatic N) is 3. The van der Waals surface area contributed by atoms with Gasteiger partial charge < -0.3 is 4.90 Å². The van der Waals surface area contributed by atoms with Gasteiger partial charge >= 0.3 is 0 Å². The van der Waals surface area contributed by atoms with E-state index in [2.05, 4.69) is 57.1 Å². The van der Waals surface area contributed by atoms with E-state index in [1.165, 1.54) is 37.8 Å². The molecule has 120 valence electrons. The number of nitrogens with two attached hydrogens (primary N) is 1. The van der Waals surface area contributed by atoms with Gasteiger partial charge in [-0.25, -0.2) is 0 Å². The van der Waals surface area contributed by atoms with Crippen molar-refractivity contribution >= 4 is 15.9 Å². The van der Waals surface area contributed by atoms with E-state index in [1.807, 2.05) is 6.20 Å². The Hall–Kier alpha value is -0.430. The molecule has 0 bridgehead atoms. The monoisotopic (exact) mass is 357 g/mol. The van der Waals surface area contributed by atoms with Crippen LogP contribution in [-0.2, 0) is 6.54 Å². The quantitative estimate of drug-likeness (QED) is 0.606. The first-order valence-electron chi connectivity index (χ1n) is 7.80. The maximum atomic E-state index is 5.95. The van der Waals surface area contributed by atoms with E-state index in [9.17, 15) is 0 Å². The third kappa shape index (κ3) is 3.86. The van der Waals surface area contributed by atoms with Crippen LogP contribution in [0.2, 0.25) is 0 Å². The molecule has 0 spiro atoms. The number of hydrogen-bond donors (Lipinski definition) is 2. The average Bonchev–Trinajstić information content (AvgIpc) is 2.80. The van der Waals surface area contributed by atoms with Gasteiger partial charge in [0.25, 0.3) is 0 Å². The Morgan fingerprint density at radius 2 is 2.10 bits per heavy atom. The molecule has 1 atom stereocenters. The molecule has 0 aliphatic heterocycles. The van der Waals surface area contributed by atoms with E-state index in [-0.39, 0.29) is 11.5 Å². The molecule has 1 aromatic heterocycles. The molecule has 1 heterocycles. The molecule has 1 aliphatic rings. The lowest BCUT2D eigenvalue weighted by Gasteiger charge is -2.40. The van der Waals surface area contributed by atoms with Crippen LogP contribution in [0.1, 0.15) is 50.8 Å². The number of nitrogens with one attached hydrogen (secondary N) is 1. The van der Waals surface area contributed by atoms with Gasteiger partial charge in [0, 0.05) is 6.54 Å². The van der Waals surface area contributed by atoms with Gasteiger partial charge in [-0.1, -0.05) is 26.2 Å². The molecular weight excluding hydrogens is 330 g/mol. The lowest BCUT2D eigenvalue weighted by Crippen LogP contribution is -2.42. The van der Waals surface area contributed by atoms with Crippen molar-refractivity contribution in [1.82, 2.24) is 20.1 Å². The van der Waals surface area contributed by atoms with Gasteiger partial charge in [0.15, 0.2) is 0 Å². The number of halogens is 1. The molecular formula is C15H28BrN5.